The average molecular weight is 404 g/mol. The van der Waals surface area contributed by atoms with Gasteiger partial charge in [-0.3, -0.25) is 14.2 Å². The number of rotatable bonds is 6. The van der Waals surface area contributed by atoms with E-state index in [1.165, 1.54) is 22.8 Å². The third-order valence-corrected chi connectivity index (χ3v) is 4.96. The zero-order valence-corrected chi connectivity index (χ0v) is 15.4. The van der Waals surface area contributed by atoms with Crippen LogP contribution in [-0.4, -0.2) is 21.1 Å². The summed E-state index contributed by atoms with van der Waals surface area (Å²) in [5.41, 5.74) is -0.696. The maximum atomic E-state index is 12.8. The molecule has 0 unspecified atom stereocenters. The molecule has 144 valence electrons. The van der Waals surface area contributed by atoms with Crippen LogP contribution in [0.1, 0.15) is 15.9 Å². The van der Waals surface area contributed by atoms with E-state index in [0.29, 0.717) is 16.1 Å². The Bertz CT molecular complexity index is 1110. The van der Waals surface area contributed by atoms with Gasteiger partial charge in [0.1, 0.15) is 0 Å². The van der Waals surface area contributed by atoms with Crippen LogP contribution in [0.4, 0.5) is 13.2 Å². The molecule has 0 saturated heterocycles. The van der Waals surface area contributed by atoms with Gasteiger partial charge in [-0.05, 0) is 24.3 Å². The number of benzene rings is 2. The number of thioether (sulfide) groups is 1. The Morgan fingerprint density at radius 1 is 1.18 bits per heavy atom. The number of hydrogen-bond acceptors (Lipinski definition) is 4. The number of nitrogens with zero attached hydrogens (tertiary/aromatic N) is 2. The number of ketones is 1. The normalized spacial score (nSPS) is 11.5. The molecular formula is C20H15F3N2O2S. The molecule has 3 aromatic rings. The van der Waals surface area contributed by atoms with Crippen molar-refractivity contribution in [3.8, 4) is 0 Å². The van der Waals surface area contributed by atoms with E-state index in [1.54, 1.807) is 24.3 Å². The molecule has 3 rings (SSSR count). The van der Waals surface area contributed by atoms with Gasteiger partial charge in [0.25, 0.3) is 5.56 Å². The van der Waals surface area contributed by atoms with Crippen LogP contribution in [0, 0.1) is 0 Å². The van der Waals surface area contributed by atoms with Gasteiger partial charge >= 0.3 is 6.18 Å². The summed E-state index contributed by atoms with van der Waals surface area (Å²) in [6, 6.07) is 11.1. The molecule has 0 atom stereocenters. The minimum absolute atomic E-state index is 0.0410. The van der Waals surface area contributed by atoms with E-state index in [2.05, 4.69) is 11.6 Å². The molecule has 8 heteroatoms. The fraction of sp³-hybridized carbons (Fsp3) is 0.150. The number of Topliss-reactive ketones (excluding diaryl/α,β-unsaturated/α-hetero) is 1. The summed E-state index contributed by atoms with van der Waals surface area (Å²) in [7, 11) is 0. The Kier molecular flexibility index (Phi) is 5.69. The number of alkyl halides is 3. The quantitative estimate of drug-likeness (QED) is 0.261. The van der Waals surface area contributed by atoms with Crippen LogP contribution in [0.5, 0.6) is 0 Å². The van der Waals surface area contributed by atoms with Crippen molar-refractivity contribution in [1.29, 1.82) is 0 Å². The fourth-order valence-corrected chi connectivity index (χ4v) is 3.53. The first-order valence-electron chi connectivity index (χ1n) is 8.25. The van der Waals surface area contributed by atoms with Crippen molar-refractivity contribution in [3.05, 3.63) is 82.7 Å². The molecule has 0 amide bonds. The predicted molar refractivity (Wildman–Crippen MR) is 103 cm³/mol. The van der Waals surface area contributed by atoms with Crippen molar-refractivity contribution in [1.82, 2.24) is 9.55 Å². The van der Waals surface area contributed by atoms with Crippen molar-refractivity contribution in [2.75, 3.05) is 5.75 Å². The molecule has 0 aliphatic heterocycles. The van der Waals surface area contributed by atoms with Gasteiger partial charge in [-0.2, -0.15) is 13.2 Å². The van der Waals surface area contributed by atoms with Crippen molar-refractivity contribution >= 4 is 28.4 Å². The van der Waals surface area contributed by atoms with Crippen LogP contribution < -0.4 is 5.56 Å². The molecule has 28 heavy (non-hydrogen) atoms. The SMILES string of the molecule is C=CCn1c(SCC(=O)c2cccc(C(F)(F)F)c2)nc2ccccc2c1=O. The topological polar surface area (TPSA) is 52.0 Å². The summed E-state index contributed by atoms with van der Waals surface area (Å²) < 4.78 is 39.9. The van der Waals surface area contributed by atoms with Crippen LogP contribution >= 0.6 is 11.8 Å². The highest BCUT2D eigenvalue weighted by molar-refractivity contribution is 7.99. The molecule has 0 radical (unpaired) electrons. The summed E-state index contributed by atoms with van der Waals surface area (Å²) in [5, 5.41) is 0.752. The maximum absolute atomic E-state index is 12.8. The number of allylic oxidation sites excluding steroid dienone is 1. The smallest absolute Gasteiger partial charge is 0.293 e. The van der Waals surface area contributed by atoms with Crippen molar-refractivity contribution in [3.63, 3.8) is 0 Å². The van der Waals surface area contributed by atoms with E-state index >= 15 is 0 Å². The molecular weight excluding hydrogens is 389 g/mol. The Balaban J connectivity index is 1.89. The van der Waals surface area contributed by atoms with Gasteiger partial charge in [-0.25, -0.2) is 4.98 Å². The summed E-state index contributed by atoms with van der Waals surface area (Å²) in [6.45, 7) is 3.83. The number of aromatic nitrogens is 2. The summed E-state index contributed by atoms with van der Waals surface area (Å²) in [6.07, 6.45) is -2.98. The van der Waals surface area contributed by atoms with Gasteiger partial charge in [0.05, 0.1) is 22.2 Å². The second-order valence-corrected chi connectivity index (χ2v) is 6.85. The van der Waals surface area contributed by atoms with E-state index in [1.807, 2.05) is 0 Å². The lowest BCUT2D eigenvalue weighted by Gasteiger charge is -2.11. The molecule has 1 aromatic heterocycles. The van der Waals surface area contributed by atoms with E-state index in [4.69, 9.17) is 0 Å². The number of para-hydroxylation sites is 1. The van der Waals surface area contributed by atoms with E-state index in [-0.39, 0.29) is 23.4 Å². The van der Waals surface area contributed by atoms with Crippen molar-refractivity contribution in [2.24, 2.45) is 0 Å². The third kappa shape index (κ3) is 4.17. The molecule has 0 aliphatic rings. The lowest BCUT2D eigenvalue weighted by Crippen LogP contribution is -2.23. The van der Waals surface area contributed by atoms with Crippen molar-refractivity contribution < 1.29 is 18.0 Å². The Morgan fingerprint density at radius 3 is 2.64 bits per heavy atom. The number of carbonyl (C=O) groups excluding carboxylic acids is 1. The summed E-state index contributed by atoms with van der Waals surface area (Å²) in [4.78, 5) is 29.5. The number of hydrogen-bond donors (Lipinski definition) is 0. The van der Waals surface area contributed by atoms with Gasteiger partial charge in [0.15, 0.2) is 10.9 Å². The van der Waals surface area contributed by atoms with Crippen molar-refractivity contribution in [2.45, 2.75) is 17.9 Å². The molecule has 2 aromatic carbocycles. The first-order chi connectivity index (χ1) is 13.3. The van der Waals surface area contributed by atoms with Gasteiger partial charge in [-0.1, -0.05) is 42.1 Å². The third-order valence-electron chi connectivity index (χ3n) is 3.98. The molecule has 1 heterocycles. The van der Waals surface area contributed by atoms with Gasteiger partial charge < -0.3 is 0 Å². The van der Waals surface area contributed by atoms with E-state index in [0.717, 1.165) is 23.9 Å². The largest absolute Gasteiger partial charge is 0.416 e. The Labute approximate surface area is 162 Å². The van der Waals surface area contributed by atoms with Crippen LogP contribution in [0.2, 0.25) is 0 Å². The summed E-state index contributed by atoms with van der Waals surface area (Å²) in [5.74, 6) is -0.632. The minimum atomic E-state index is -4.52. The second kappa shape index (κ2) is 8.02. The number of carbonyl (C=O) groups is 1. The molecule has 0 bridgehead atoms. The molecule has 4 nitrogen and oxygen atoms in total. The van der Waals surface area contributed by atoms with Gasteiger partial charge in [0.2, 0.25) is 0 Å². The molecule has 0 spiro atoms. The van der Waals surface area contributed by atoms with E-state index in [9.17, 15) is 22.8 Å². The van der Waals surface area contributed by atoms with E-state index < -0.39 is 17.5 Å². The fourth-order valence-electron chi connectivity index (χ4n) is 2.63. The zero-order valence-electron chi connectivity index (χ0n) is 14.6. The molecule has 0 aliphatic carbocycles. The maximum Gasteiger partial charge on any atom is 0.416 e. The lowest BCUT2D eigenvalue weighted by molar-refractivity contribution is -0.137. The number of halogens is 3. The highest BCUT2D eigenvalue weighted by Crippen LogP contribution is 2.30. The minimum Gasteiger partial charge on any atom is -0.293 e. The van der Waals surface area contributed by atoms with Gasteiger partial charge in [-0.15, -0.1) is 6.58 Å². The van der Waals surface area contributed by atoms with Crippen LogP contribution in [-0.2, 0) is 12.7 Å². The predicted octanol–water partition coefficient (Wildman–Crippen LogP) is 4.58. The van der Waals surface area contributed by atoms with Crippen LogP contribution in [0.15, 0.2) is 71.1 Å². The van der Waals surface area contributed by atoms with Crippen LogP contribution in [0.25, 0.3) is 10.9 Å². The molecule has 0 saturated carbocycles. The standard InChI is InChI=1S/C20H15F3N2O2S/c1-2-10-25-18(27)15-8-3-4-9-16(15)24-19(25)28-12-17(26)13-6-5-7-14(11-13)20(21,22)23/h2-9,11H,1,10,12H2. The molecule has 0 N–H and O–H groups in total. The lowest BCUT2D eigenvalue weighted by atomic mass is 10.1. The first kappa shape index (κ1) is 19.9. The average Bonchev–Trinajstić information content (AvgIpc) is 2.68. The highest BCUT2D eigenvalue weighted by atomic mass is 32.2. The van der Waals surface area contributed by atoms with Gasteiger partial charge in [0, 0.05) is 12.1 Å². The zero-order chi connectivity index (χ0) is 20.3. The highest BCUT2D eigenvalue weighted by Gasteiger charge is 2.30. The van der Waals surface area contributed by atoms with Crippen LogP contribution in [0.3, 0.4) is 0 Å². The number of fused-ring (bicyclic) bond motifs is 1. The Hall–Kier alpha value is -2.87. The second-order valence-electron chi connectivity index (χ2n) is 5.91. The summed E-state index contributed by atoms with van der Waals surface area (Å²) >= 11 is 1.01. The first-order valence-corrected chi connectivity index (χ1v) is 9.23. The molecule has 0 fully saturated rings. The Morgan fingerprint density at radius 2 is 1.93 bits per heavy atom. The monoisotopic (exact) mass is 404 g/mol.